The highest BCUT2D eigenvalue weighted by atomic mass is 32.2. The molecule has 100 valence electrons. The Labute approximate surface area is 107 Å². The van der Waals surface area contributed by atoms with Crippen LogP contribution in [0.2, 0.25) is 0 Å². The topological polar surface area (TPSA) is 69.6 Å². The largest absolute Gasteiger partial charge is 0.394 e. The Kier molecular flexibility index (Phi) is 6.92. The summed E-state index contributed by atoms with van der Waals surface area (Å²) < 4.78 is 0. The Hall–Kier alpha value is -0.260. The van der Waals surface area contributed by atoms with Crippen LogP contribution in [0.4, 0.5) is 0 Å². The Morgan fingerprint density at radius 1 is 1.41 bits per heavy atom. The van der Waals surface area contributed by atoms with E-state index in [1.54, 1.807) is 0 Å². The molecule has 0 aliphatic heterocycles. The second-order valence-electron chi connectivity index (χ2n) is 4.66. The van der Waals surface area contributed by atoms with Gasteiger partial charge >= 0.3 is 0 Å². The second-order valence-corrected chi connectivity index (χ2v) is 6.03. The van der Waals surface area contributed by atoms with Gasteiger partial charge in [0, 0.05) is 11.8 Å². The molecular formula is C12H23NO3S. The Bertz CT molecular complexity index is 232. The summed E-state index contributed by atoms with van der Waals surface area (Å²) in [4.78, 5) is 11.8. The van der Waals surface area contributed by atoms with Gasteiger partial charge in [-0.15, -0.1) is 11.8 Å². The molecule has 1 amide bonds. The van der Waals surface area contributed by atoms with Crippen molar-refractivity contribution in [3.63, 3.8) is 0 Å². The van der Waals surface area contributed by atoms with E-state index in [2.05, 4.69) is 5.32 Å². The van der Waals surface area contributed by atoms with Crippen molar-refractivity contribution in [3.05, 3.63) is 0 Å². The predicted molar refractivity (Wildman–Crippen MR) is 70.0 cm³/mol. The molecule has 17 heavy (non-hydrogen) atoms. The first-order valence-electron chi connectivity index (χ1n) is 6.34. The molecule has 0 bridgehead atoms. The molecule has 0 spiro atoms. The number of aliphatic hydroxyl groups is 2. The van der Waals surface area contributed by atoms with E-state index in [9.17, 15) is 9.90 Å². The molecule has 2 unspecified atom stereocenters. The Morgan fingerprint density at radius 3 is 2.65 bits per heavy atom. The third-order valence-electron chi connectivity index (χ3n) is 3.07. The van der Waals surface area contributed by atoms with Crippen LogP contribution in [0.3, 0.4) is 0 Å². The zero-order chi connectivity index (χ0) is 12.7. The number of amides is 1. The van der Waals surface area contributed by atoms with Crippen LogP contribution in [0, 0.1) is 0 Å². The summed E-state index contributed by atoms with van der Waals surface area (Å²) in [5.74, 6) is 0.447. The summed E-state index contributed by atoms with van der Waals surface area (Å²) in [7, 11) is 0. The number of rotatable bonds is 6. The van der Waals surface area contributed by atoms with Crippen molar-refractivity contribution >= 4 is 17.7 Å². The van der Waals surface area contributed by atoms with E-state index in [-0.39, 0.29) is 17.8 Å². The lowest BCUT2D eigenvalue weighted by Gasteiger charge is -2.24. The fourth-order valence-electron chi connectivity index (χ4n) is 1.95. The van der Waals surface area contributed by atoms with Gasteiger partial charge in [0.15, 0.2) is 0 Å². The molecule has 1 aliphatic carbocycles. The van der Waals surface area contributed by atoms with E-state index in [4.69, 9.17) is 5.11 Å². The summed E-state index contributed by atoms with van der Waals surface area (Å²) in [6.07, 6.45) is 5.13. The molecule has 0 heterocycles. The van der Waals surface area contributed by atoms with Crippen LogP contribution in [0.15, 0.2) is 0 Å². The number of nitrogens with one attached hydrogen (secondary N) is 1. The van der Waals surface area contributed by atoms with Crippen LogP contribution in [0.5, 0.6) is 0 Å². The van der Waals surface area contributed by atoms with E-state index in [1.165, 1.54) is 31.0 Å². The van der Waals surface area contributed by atoms with Crippen molar-refractivity contribution < 1.29 is 15.0 Å². The lowest BCUT2D eigenvalue weighted by molar-refractivity contribution is -0.121. The summed E-state index contributed by atoms with van der Waals surface area (Å²) in [6.45, 7) is 1.59. The molecule has 1 fully saturated rings. The van der Waals surface area contributed by atoms with Crippen molar-refractivity contribution in [2.24, 2.45) is 0 Å². The van der Waals surface area contributed by atoms with Crippen molar-refractivity contribution in [2.75, 3.05) is 12.4 Å². The van der Waals surface area contributed by atoms with E-state index in [0.29, 0.717) is 11.8 Å². The fraction of sp³-hybridized carbons (Fsp3) is 0.917. The Morgan fingerprint density at radius 2 is 2.06 bits per heavy atom. The van der Waals surface area contributed by atoms with Gasteiger partial charge in [-0.05, 0) is 19.8 Å². The second kappa shape index (κ2) is 7.95. The maximum atomic E-state index is 11.8. The number of carbonyl (C=O) groups excluding carboxylic acids is 1. The lowest BCUT2D eigenvalue weighted by atomic mass is 9.95. The molecule has 0 radical (unpaired) electrons. The molecular weight excluding hydrogens is 238 g/mol. The molecule has 3 N–H and O–H groups in total. The normalized spacial score (nSPS) is 20.9. The van der Waals surface area contributed by atoms with Crippen LogP contribution in [-0.2, 0) is 4.79 Å². The number of thioether (sulfide) groups is 1. The highest BCUT2D eigenvalue weighted by Crippen LogP contribution is 2.19. The molecule has 0 aromatic carbocycles. The average molecular weight is 261 g/mol. The van der Waals surface area contributed by atoms with Crippen LogP contribution in [-0.4, -0.2) is 45.9 Å². The third kappa shape index (κ3) is 5.75. The molecule has 1 aliphatic rings. The highest BCUT2D eigenvalue weighted by Gasteiger charge is 2.20. The zero-order valence-electron chi connectivity index (χ0n) is 10.4. The Balaban J connectivity index is 2.21. The first kappa shape index (κ1) is 14.8. The van der Waals surface area contributed by atoms with Crippen LogP contribution in [0.1, 0.15) is 39.0 Å². The van der Waals surface area contributed by atoms with Gasteiger partial charge in [0.25, 0.3) is 0 Å². The standard InChI is InChI=1S/C12H23NO3S/c1-9(17-8-11(15)7-14)12(16)13-10-5-3-2-4-6-10/h9-11,14-15H,2-8H2,1H3,(H,13,16). The van der Waals surface area contributed by atoms with E-state index in [0.717, 1.165) is 12.8 Å². The fourth-order valence-corrected chi connectivity index (χ4v) is 2.78. The van der Waals surface area contributed by atoms with Crippen molar-refractivity contribution in [2.45, 2.75) is 56.4 Å². The third-order valence-corrected chi connectivity index (χ3v) is 4.36. The first-order valence-corrected chi connectivity index (χ1v) is 7.39. The van der Waals surface area contributed by atoms with E-state index in [1.807, 2.05) is 6.92 Å². The smallest absolute Gasteiger partial charge is 0.233 e. The van der Waals surface area contributed by atoms with Gasteiger partial charge in [0.1, 0.15) is 0 Å². The van der Waals surface area contributed by atoms with Crippen molar-refractivity contribution in [3.8, 4) is 0 Å². The minimum Gasteiger partial charge on any atom is -0.394 e. The maximum absolute atomic E-state index is 11.8. The number of hydrogen-bond acceptors (Lipinski definition) is 4. The summed E-state index contributed by atoms with van der Waals surface area (Å²) in [6, 6.07) is 0.335. The molecule has 0 aromatic heterocycles. The van der Waals surface area contributed by atoms with Gasteiger partial charge in [-0.25, -0.2) is 0 Å². The SMILES string of the molecule is CC(SCC(O)CO)C(=O)NC1CCCCC1. The average Bonchev–Trinajstić information content (AvgIpc) is 2.36. The molecule has 2 atom stereocenters. The molecule has 0 saturated heterocycles. The lowest BCUT2D eigenvalue weighted by Crippen LogP contribution is -2.40. The summed E-state index contributed by atoms with van der Waals surface area (Å²) in [5, 5.41) is 20.8. The molecule has 1 rings (SSSR count). The molecule has 0 aromatic rings. The van der Waals surface area contributed by atoms with Crippen molar-refractivity contribution in [1.29, 1.82) is 0 Å². The monoisotopic (exact) mass is 261 g/mol. The minimum absolute atomic E-state index is 0.0482. The van der Waals surface area contributed by atoms with Gasteiger partial charge in [0.2, 0.25) is 5.91 Å². The van der Waals surface area contributed by atoms with Gasteiger partial charge in [0.05, 0.1) is 18.0 Å². The number of hydrogen-bond donors (Lipinski definition) is 3. The molecule has 1 saturated carbocycles. The molecule has 5 heteroatoms. The van der Waals surface area contributed by atoms with Crippen LogP contribution < -0.4 is 5.32 Å². The maximum Gasteiger partial charge on any atom is 0.233 e. The van der Waals surface area contributed by atoms with Gasteiger partial charge in [-0.1, -0.05) is 19.3 Å². The highest BCUT2D eigenvalue weighted by molar-refractivity contribution is 8.00. The predicted octanol–water partition coefficient (Wildman–Crippen LogP) is 0.910. The van der Waals surface area contributed by atoms with Gasteiger partial charge in [-0.3, -0.25) is 4.79 Å². The minimum atomic E-state index is -0.732. The van der Waals surface area contributed by atoms with Crippen molar-refractivity contribution in [1.82, 2.24) is 5.32 Å². The number of carbonyl (C=O) groups is 1. The zero-order valence-corrected chi connectivity index (χ0v) is 11.2. The van der Waals surface area contributed by atoms with Crippen LogP contribution >= 0.6 is 11.8 Å². The first-order chi connectivity index (χ1) is 8.13. The van der Waals surface area contributed by atoms with Gasteiger partial charge in [-0.2, -0.15) is 0 Å². The molecule has 4 nitrogen and oxygen atoms in total. The van der Waals surface area contributed by atoms with E-state index < -0.39 is 6.10 Å². The number of aliphatic hydroxyl groups excluding tert-OH is 2. The van der Waals surface area contributed by atoms with Crippen LogP contribution in [0.25, 0.3) is 0 Å². The summed E-state index contributed by atoms with van der Waals surface area (Å²) in [5.41, 5.74) is 0. The van der Waals surface area contributed by atoms with Gasteiger partial charge < -0.3 is 15.5 Å². The van der Waals surface area contributed by atoms with E-state index >= 15 is 0 Å². The summed E-state index contributed by atoms with van der Waals surface area (Å²) >= 11 is 1.38. The quantitative estimate of drug-likeness (QED) is 0.665.